The summed E-state index contributed by atoms with van der Waals surface area (Å²) in [5, 5.41) is 11.2. The zero-order valence-electron chi connectivity index (χ0n) is 15.4. The second-order valence-corrected chi connectivity index (χ2v) is 7.07. The molecule has 0 saturated heterocycles. The molecular formula is C23H21N2O2. The van der Waals surface area contributed by atoms with Crippen molar-refractivity contribution in [1.29, 1.82) is 0 Å². The van der Waals surface area contributed by atoms with Crippen LogP contribution in [0.4, 0.5) is 0 Å². The van der Waals surface area contributed by atoms with Crippen LogP contribution in [-0.4, -0.2) is 15.6 Å². The molecule has 27 heavy (non-hydrogen) atoms. The van der Waals surface area contributed by atoms with E-state index in [2.05, 4.69) is 42.7 Å². The molecular weight excluding hydrogens is 336 g/mol. The van der Waals surface area contributed by atoms with E-state index in [0.29, 0.717) is 12.1 Å². The molecule has 1 heterocycles. The van der Waals surface area contributed by atoms with Crippen LogP contribution in [-0.2, 0) is 13.2 Å². The molecule has 0 unspecified atom stereocenters. The monoisotopic (exact) mass is 357 g/mol. The van der Waals surface area contributed by atoms with E-state index in [9.17, 15) is 9.90 Å². The van der Waals surface area contributed by atoms with E-state index in [4.69, 9.17) is 5.73 Å². The Morgan fingerprint density at radius 1 is 1.07 bits per heavy atom. The lowest BCUT2D eigenvalue weighted by molar-refractivity contribution is 0.100. The number of aliphatic hydroxyl groups is 1. The number of nitrogens with two attached hydrogens (primary N) is 1. The number of fused-ring (bicyclic) bond motifs is 3. The summed E-state index contributed by atoms with van der Waals surface area (Å²) in [6.45, 7) is 4.78. The number of primary amides is 1. The summed E-state index contributed by atoms with van der Waals surface area (Å²) in [5.41, 5.74) is 12.4. The van der Waals surface area contributed by atoms with Crippen molar-refractivity contribution in [3.05, 3.63) is 82.4 Å². The van der Waals surface area contributed by atoms with Gasteiger partial charge >= 0.3 is 0 Å². The molecule has 0 spiro atoms. The van der Waals surface area contributed by atoms with E-state index in [1.807, 2.05) is 18.2 Å². The summed E-state index contributed by atoms with van der Waals surface area (Å²) < 4.78 is 2.17. The molecule has 0 aliphatic carbocycles. The Balaban J connectivity index is 2.04. The molecule has 0 bridgehead atoms. The SMILES string of the molecule is Cc1cc(C)cc(Cn2c3cc(CO)c[c]c3c3c(C(N)=O)cccc32)c1. The third kappa shape index (κ3) is 2.98. The Morgan fingerprint density at radius 2 is 1.81 bits per heavy atom. The molecule has 0 aliphatic rings. The average molecular weight is 357 g/mol. The highest BCUT2D eigenvalue weighted by Crippen LogP contribution is 2.33. The molecule has 3 aromatic carbocycles. The Hall–Kier alpha value is -3.11. The van der Waals surface area contributed by atoms with E-state index < -0.39 is 5.91 Å². The van der Waals surface area contributed by atoms with Gasteiger partial charge in [0.1, 0.15) is 0 Å². The summed E-state index contributed by atoms with van der Waals surface area (Å²) in [5.74, 6) is -0.453. The van der Waals surface area contributed by atoms with Crippen molar-refractivity contribution in [3.8, 4) is 0 Å². The van der Waals surface area contributed by atoms with Gasteiger partial charge in [0.2, 0.25) is 5.91 Å². The zero-order valence-corrected chi connectivity index (χ0v) is 15.4. The topological polar surface area (TPSA) is 68.2 Å². The number of carbonyl (C=O) groups is 1. The van der Waals surface area contributed by atoms with Gasteiger partial charge in [0.05, 0.1) is 17.6 Å². The maximum absolute atomic E-state index is 12.0. The minimum atomic E-state index is -0.453. The summed E-state index contributed by atoms with van der Waals surface area (Å²) in [6.07, 6.45) is 0. The van der Waals surface area contributed by atoms with Crippen LogP contribution in [0, 0.1) is 19.9 Å². The fraction of sp³-hybridized carbons (Fsp3) is 0.174. The summed E-state index contributed by atoms with van der Waals surface area (Å²) in [6, 6.07) is 19.1. The van der Waals surface area contributed by atoms with E-state index in [1.165, 1.54) is 16.7 Å². The first-order chi connectivity index (χ1) is 13.0. The van der Waals surface area contributed by atoms with Crippen LogP contribution in [0.2, 0.25) is 0 Å². The fourth-order valence-electron chi connectivity index (χ4n) is 3.91. The van der Waals surface area contributed by atoms with Crippen LogP contribution in [0.1, 0.15) is 32.6 Å². The first kappa shape index (κ1) is 17.3. The standard InChI is InChI=1S/C23H21N2O2/c1-14-8-15(2)10-17(9-14)12-25-20-5-3-4-19(23(24)27)22(20)18-7-6-16(13-26)11-21(18)25/h3-6,8-11,26H,12-13H2,1-2H3,(H2,24,27). The number of nitrogens with zero attached hydrogens (tertiary/aromatic N) is 1. The second-order valence-electron chi connectivity index (χ2n) is 7.07. The number of amides is 1. The van der Waals surface area contributed by atoms with Gasteiger partial charge in [-0.1, -0.05) is 35.4 Å². The van der Waals surface area contributed by atoms with E-state index >= 15 is 0 Å². The summed E-state index contributed by atoms with van der Waals surface area (Å²) in [4.78, 5) is 12.0. The average Bonchev–Trinajstić information content (AvgIpc) is 2.94. The Morgan fingerprint density at radius 3 is 2.48 bits per heavy atom. The highest BCUT2D eigenvalue weighted by atomic mass is 16.3. The van der Waals surface area contributed by atoms with Crippen LogP contribution >= 0.6 is 0 Å². The number of carbonyl (C=O) groups excluding carboxylic acids is 1. The minimum absolute atomic E-state index is 0.0554. The third-order valence-electron chi connectivity index (χ3n) is 4.92. The van der Waals surface area contributed by atoms with Crippen molar-refractivity contribution in [3.63, 3.8) is 0 Å². The molecule has 1 amide bonds. The predicted molar refractivity (Wildman–Crippen MR) is 108 cm³/mol. The van der Waals surface area contributed by atoms with Crippen molar-refractivity contribution in [2.24, 2.45) is 5.73 Å². The molecule has 0 fully saturated rings. The highest BCUT2D eigenvalue weighted by Gasteiger charge is 2.17. The van der Waals surface area contributed by atoms with Gasteiger partial charge in [-0.2, -0.15) is 0 Å². The maximum Gasteiger partial charge on any atom is 0.249 e. The Labute approximate surface area is 157 Å². The Bertz CT molecular complexity index is 1170. The van der Waals surface area contributed by atoms with Crippen LogP contribution in [0.25, 0.3) is 21.8 Å². The normalized spacial score (nSPS) is 11.4. The number of hydrogen-bond donors (Lipinski definition) is 2. The van der Waals surface area contributed by atoms with Gasteiger partial charge < -0.3 is 15.4 Å². The van der Waals surface area contributed by atoms with E-state index in [-0.39, 0.29) is 6.61 Å². The molecule has 1 radical (unpaired) electrons. The number of aliphatic hydroxyl groups excluding tert-OH is 1. The molecule has 4 rings (SSSR count). The van der Waals surface area contributed by atoms with Crippen molar-refractivity contribution in [1.82, 2.24) is 4.57 Å². The molecule has 135 valence electrons. The van der Waals surface area contributed by atoms with Gasteiger partial charge in [-0.05, 0) is 55.3 Å². The number of hydrogen-bond acceptors (Lipinski definition) is 2. The molecule has 0 saturated carbocycles. The van der Waals surface area contributed by atoms with Crippen molar-refractivity contribution in [2.45, 2.75) is 27.0 Å². The number of rotatable bonds is 4. The number of aryl methyl sites for hydroxylation is 2. The molecule has 4 nitrogen and oxygen atoms in total. The lowest BCUT2D eigenvalue weighted by Crippen LogP contribution is -2.11. The zero-order chi connectivity index (χ0) is 19.1. The summed E-state index contributed by atoms with van der Waals surface area (Å²) in [7, 11) is 0. The highest BCUT2D eigenvalue weighted by molar-refractivity contribution is 6.17. The maximum atomic E-state index is 12.0. The largest absolute Gasteiger partial charge is 0.392 e. The lowest BCUT2D eigenvalue weighted by Gasteiger charge is -2.10. The van der Waals surface area contributed by atoms with Gasteiger partial charge in [0, 0.05) is 22.9 Å². The summed E-state index contributed by atoms with van der Waals surface area (Å²) >= 11 is 0. The molecule has 0 aliphatic heterocycles. The second kappa shape index (κ2) is 6.56. The van der Waals surface area contributed by atoms with Crippen LogP contribution in [0.5, 0.6) is 0 Å². The predicted octanol–water partition coefficient (Wildman–Crippen LogP) is 3.85. The van der Waals surface area contributed by atoms with Gasteiger partial charge in [-0.15, -0.1) is 0 Å². The number of aromatic nitrogens is 1. The van der Waals surface area contributed by atoms with Gasteiger partial charge in [0.15, 0.2) is 0 Å². The van der Waals surface area contributed by atoms with Crippen LogP contribution in [0.15, 0.2) is 48.5 Å². The molecule has 3 N–H and O–H groups in total. The number of benzene rings is 3. The molecule has 1 aromatic heterocycles. The first-order valence-corrected chi connectivity index (χ1v) is 8.91. The van der Waals surface area contributed by atoms with Gasteiger partial charge in [-0.3, -0.25) is 4.79 Å². The van der Waals surface area contributed by atoms with Crippen molar-refractivity contribution >= 4 is 27.7 Å². The smallest absolute Gasteiger partial charge is 0.249 e. The van der Waals surface area contributed by atoms with Gasteiger partial charge in [-0.25, -0.2) is 0 Å². The van der Waals surface area contributed by atoms with Crippen molar-refractivity contribution in [2.75, 3.05) is 0 Å². The quantitative estimate of drug-likeness (QED) is 0.582. The lowest BCUT2D eigenvalue weighted by atomic mass is 10.0. The van der Waals surface area contributed by atoms with Crippen LogP contribution in [0.3, 0.4) is 0 Å². The third-order valence-corrected chi connectivity index (χ3v) is 4.92. The fourth-order valence-corrected chi connectivity index (χ4v) is 3.91. The van der Waals surface area contributed by atoms with Crippen LogP contribution < -0.4 is 5.73 Å². The molecule has 4 heteroatoms. The van der Waals surface area contributed by atoms with Crippen molar-refractivity contribution < 1.29 is 9.90 Å². The first-order valence-electron chi connectivity index (χ1n) is 8.91. The molecule has 0 atom stereocenters. The minimum Gasteiger partial charge on any atom is -0.392 e. The van der Waals surface area contributed by atoms with E-state index in [0.717, 1.165) is 27.4 Å². The molecule has 4 aromatic rings. The van der Waals surface area contributed by atoms with Gasteiger partial charge in [0.25, 0.3) is 0 Å². The Kier molecular flexibility index (Phi) is 4.21. The van der Waals surface area contributed by atoms with E-state index in [1.54, 1.807) is 12.1 Å².